The molecule has 2 fully saturated rings. The smallest absolute Gasteiger partial charge is 0.237 e. The Balaban J connectivity index is 1.70. The minimum absolute atomic E-state index is 0.124. The molecule has 19 heavy (non-hydrogen) atoms. The second-order valence-corrected chi connectivity index (χ2v) is 7.55. The Morgan fingerprint density at radius 3 is 2.32 bits per heavy atom. The maximum atomic E-state index is 12.1. The minimum Gasteiger partial charge on any atom is -0.352 e. The number of nitrogens with one attached hydrogen (secondary N) is 2. The predicted octanol–water partition coefficient (Wildman–Crippen LogP) is 1.32. The molecule has 0 aromatic rings. The third-order valence-electron chi connectivity index (χ3n) is 4.22. The van der Waals surface area contributed by atoms with E-state index in [0.29, 0.717) is 12.1 Å². The number of rotatable bonds is 4. The second kappa shape index (κ2) is 7.39. The summed E-state index contributed by atoms with van der Waals surface area (Å²) in [5.41, 5.74) is 0. The van der Waals surface area contributed by atoms with Crippen LogP contribution in [0.25, 0.3) is 0 Å². The van der Waals surface area contributed by atoms with Crippen molar-refractivity contribution in [2.45, 2.75) is 70.0 Å². The third-order valence-corrected chi connectivity index (χ3v) is 5.60. The van der Waals surface area contributed by atoms with Crippen molar-refractivity contribution in [1.82, 2.24) is 10.6 Å². The quantitative estimate of drug-likeness (QED) is 0.819. The average Bonchev–Trinajstić information content (AvgIpc) is 2.42. The van der Waals surface area contributed by atoms with Crippen LogP contribution in [0.5, 0.6) is 0 Å². The molecule has 1 atom stereocenters. The van der Waals surface area contributed by atoms with Crippen molar-refractivity contribution in [3.63, 3.8) is 0 Å². The van der Waals surface area contributed by atoms with Crippen LogP contribution in [-0.2, 0) is 15.6 Å². The van der Waals surface area contributed by atoms with E-state index >= 15 is 0 Å². The summed E-state index contributed by atoms with van der Waals surface area (Å²) < 4.78 is 11.3. The van der Waals surface area contributed by atoms with E-state index in [-0.39, 0.29) is 11.9 Å². The van der Waals surface area contributed by atoms with E-state index < -0.39 is 10.8 Å². The lowest BCUT2D eigenvalue weighted by Crippen LogP contribution is -2.50. The Labute approximate surface area is 118 Å². The maximum absolute atomic E-state index is 12.1. The zero-order valence-corrected chi connectivity index (χ0v) is 12.6. The van der Waals surface area contributed by atoms with Crippen LogP contribution >= 0.6 is 0 Å². The molecule has 2 N–H and O–H groups in total. The summed E-state index contributed by atoms with van der Waals surface area (Å²) in [7, 11) is -0.633. The fraction of sp³-hybridized carbons (Fsp3) is 0.929. The van der Waals surface area contributed by atoms with Gasteiger partial charge in [-0.1, -0.05) is 19.3 Å². The zero-order chi connectivity index (χ0) is 13.7. The van der Waals surface area contributed by atoms with Crippen LogP contribution in [0.1, 0.15) is 51.9 Å². The normalized spacial score (nSPS) is 30.8. The van der Waals surface area contributed by atoms with Gasteiger partial charge in [-0.3, -0.25) is 9.00 Å². The molecule has 1 aliphatic heterocycles. The molecular weight excluding hydrogens is 260 g/mol. The maximum Gasteiger partial charge on any atom is 0.237 e. The highest BCUT2D eigenvalue weighted by atomic mass is 32.2. The van der Waals surface area contributed by atoms with Gasteiger partial charge in [0.05, 0.1) is 6.04 Å². The van der Waals surface area contributed by atoms with Crippen molar-refractivity contribution < 1.29 is 9.00 Å². The van der Waals surface area contributed by atoms with Crippen molar-refractivity contribution in [2.75, 3.05) is 11.5 Å². The van der Waals surface area contributed by atoms with E-state index in [1.807, 2.05) is 6.92 Å². The van der Waals surface area contributed by atoms with E-state index in [1.54, 1.807) is 0 Å². The summed E-state index contributed by atoms with van der Waals surface area (Å²) >= 11 is 0. The van der Waals surface area contributed by atoms with Crippen LogP contribution in [0.4, 0.5) is 0 Å². The first kappa shape index (κ1) is 15.0. The fourth-order valence-electron chi connectivity index (χ4n) is 2.96. The fourth-order valence-corrected chi connectivity index (χ4v) is 4.26. The van der Waals surface area contributed by atoms with Crippen LogP contribution in [0.3, 0.4) is 0 Å². The van der Waals surface area contributed by atoms with E-state index in [2.05, 4.69) is 10.6 Å². The largest absolute Gasteiger partial charge is 0.352 e. The molecule has 4 nitrogen and oxygen atoms in total. The summed E-state index contributed by atoms with van der Waals surface area (Å²) in [6, 6.07) is 0.590. The summed E-state index contributed by atoms with van der Waals surface area (Å²) in [5.74, 6) is 1.67. The zero-order valence-electron chi connectivity index (χ0n) is 11.8. The molecule has 5 heteroatoms. The third kappa shape index (κ3) is 4.88. The van der Waals surface area contributed by atoms with Gasteiger partial charge in [0.2, 0.25) is 5.91 Å². The lowest BCUT2D eigenvalue weighted by atomic mass is 9.95. The number of amides is 1. The van der Waals surface area contributed by atoms with Gasteiger partial charge in [-0.05, 0) is 32.6 Å². The Kier molecular flexibility index (Phi) is 5.82. The van der Waals surface area contributed by atoms with Crippen molar-refractivity contribution in [3.8, 4) is 0 Å². The summed E-state index contributed by atoms with van der Waals surface area (Å²) in [4.78, 5) is 12.1. The highest BCUT2D eigenvalue weighted by Crippen LogP contribution is 2.17. The summed E-state index contributed by atoms with van der Waals surface area (Å²) in [6.45, 7) is 1.93. The molecule has 0 spiro atoms. The van der Waals surface area contributed by atoms with Crippen molar-refractivity contribution in [3.05, 3.63) is 0 Å². The molecule has 1 amide bonds. The van der Waals surface area contributed by atoms with Crippen LogP contribution in [0.15, 0.2) is 0 Å². The van der Waals surface area contributed by atoms with E-state index in [4.69, 9.17) is 0 Å². The monoisotopic (exact) mass is 286 g/mol. The first-order chi connectivity index (χ1) is 9.15. The van der Waals surface area contributed by atoms with E-state index in [1.165, 1.54) is 19.3 Å². The molecule has 0 bridgehead atoms. The SMILES string of the molecule is CC(NC1CCS(=O)CC1)C(=O)NC1CCCCC1. The van der Waals surface area contributed by atoms with Crippen molar-refractivity contribution in [1.29, 1.82) is 0 Å². The van der Waals surface area contributed by atoms with Gasteiger partial charge < -0.3 is 10.6 Å². The van der Waals surface area contributed by atoms with Gasteiger partial charge in [-0.25, -0.2) is 0 Å². The van der Waals surface area contributed by atoms with Crippen LogP contribution in [-0.4, -0.2) is 39.7 Å². The van der Waals surface area contributed by atoms with Gasteiger partial charge in [0, 0.05) is 34.4 Å². The van der Waals surface area contributed by atoms with Gasteiger partial charge >= 0.3 is 0 Å². The highest BCUT2D eigenvalue weighted by molar-refractivity contribution is 7.85. The van der Waals surface area contributed by atoms with E-state index in [9.17, 15) is 9.00 Å². The molecule has 2 rings (SSSR count). The van der Waals surface area contributed by atoms with Gasteiger partial charge in [0.15, 0.2) is 0 Å². The number of carbonyl (C=O) groups is 1. The van der Waals surface area contributed by atoms with E-state index in [0.717, 1.165) is 37.2 Å². The van der Waals surface area contributed by atoms with Gasteiger partial charge in [-0.15, -0.1) is 0 Å². The van der Waals surface area contributed by atoms with Crippen molar-refractivity contribution in [2.24, 2.45) is 0 Å². The first-order valence-electron chi connectivity index (χ1n) is 7.56. The van der Waals surface area contributed by atoms with Crippen LogP contribution in [0, 0.1) is 0 Å². The van der Waals surface area contributed by atoms with Gasteiger partial charge in [0.1, 0.15) is 0 Å². The number of carbonyl (C=O) groups excluding carboxylic acids is 1. The Bertz CT molecular complexity index is 319. The first-order valence-corrected chi connectivity index (χ1v) is 9.05. The molecule has 110 valence electrons. The molecule has 0 aromatic heterocycles. The number of hydrogen-bond acceptors (Lipinski definition) is 3. The molecule has 0 aromatic carbocycles. The molecule has 1 saturated heterocycles. The average molecular weight is 286 g/mol. The molecule has 2 aliphatic rings. The van der Waals surface area contributed by atoms with Crippen LogP contribution in [0.2, 0.25) is 0 Å². The molecule has 1 heterocycles. The Morgan fingerprint density at radius 2 is 1.68 bits per heavy atom. The van der Waals surface area contributed by atoms with Gasteiger partial charge in [-0.2, -0.15) is 0 Å². The highest BCUT2D eigenvalue weighted by Gasteiger charge is 2.24. The van der Waals surface area contributed by atoms with Crippen molar-refractivity contribution >= 4 is 16.7 Å². The molecule has 1 saturated carbocycles. The Morgan fingerprint density at radius 1 is 1.05 bits per heavy atom. The topological polar surface area (TPSA) is 58.2 Å². The summed E-state index contributed by atoms with van der Waals surface area (Å²) in [5, 5.41) is 6.54. The summed E-state index contributed by atoms with van der Waals surface area (Å²) in [6.07, 6.45) is 7.88. The Hall–Kier alpha value is -0.420. The van der Waals surface area contributed by atoms with Crippen LogP contribution < -0.4 is 10.6 Å². The molecule has 1 unspecified atom stereocenters. The molecule has 1 aliphatic carbocycles. The second-order valence-electron chi connectivity index (χ2n) is 5.85. The van der Waals surface area contributed by atoms with Gasteiger partial charge in [0.25, 0.3) is 0 Å². The lowest BCUT2D eigenvalue weighted by molar-refractivity contribution is -0.123. The number of hydrogen-bond donors (Lipinski definition) is 2. The standard InChI is InChI=1S/C14H26N2O2S/c1-11(15-13-7-9-19(18)10-8-13)14(17)16-12-5-3-2-4-6-12/h11-13,15H,2-10H2,1H3,(H,16,17). The molecule has 0 radical (unpaired) electrons. The lowest BCUT2D eigenvalue weighted by Gasteiger charge is -2.28. The minimum atomic E-state index is -0.633. The predicted molar refractivity (Wildman–Crippen MR) is 78.5 cm³/mol. The molecular formula is C14H26N2O2S.